The van der Waals surface area contributed by atoms with Gasteiger partial charge in [0, 0.05) is 40.9 Å². The molecule has 0 aliphatic rings. The van der Waals surface area contributed by atoms with Crippen molar-refractivity contribution in [1.29, 1.82) is 0 Å². The van der Waals surface area contributed by atoms with E-state index in [1.165, 1.54) is 0 Å². The second-order valence-corrected chi connectivity index (χ2v) is 13.0. The molecule has 0 fully saturated rings. The smallest absolute Gasteiger partial charge is 0.407 e. The molecule has 0 aliphatic carbocycles. The van der Waals surface area contributed by atoms with Gasteiger partial charge in [-0.05, 0) is 88.3 Å². The van der Waals surface area contributed by atoms with Crippen LogP contribution in [0.5, 0.6) is 5.75 Å². The number of alkyl carbamates (subject to hydrolysis) is 1. The molecule has 3 N–H and O–H groups in total. The molecule has 14 heteroatoms. The summed E-state index contributed by atoms with van der Waals surface area (Å²) in [5.74, 6) is 1.25. The van der Waals surface area contributed by atoms with Crippen molar-refractivity contribution >= 4 is 42.3 Å². The number of benzene rings is 2. The third-order valence-electron chi connectivity index (χ3n) is 6.58. The second kappa shape index (κ2) is 15.0. The predicted octanol–water partition coefficient (Wildman–Crippen LogP) is 4.34. The minimum absolute atomic E-state index is 0.156. The number of anilines is 1. The molecule has 2 heterocycles. The molecule has 4 aromatic rings. The molecule has 2 aromatic carbocycles. The monoisotopic (exact) mass is 698 g/mol. The molecule has 0 saturated heterocycles. The van der Waals surface area contributed by atoms with E-state index < -0.39 is 23.4 Å². The van der Waals surface area contributed by atoms with Crippen LogP contribution in [-0.2, 0) is 17.7 Å². The molecule has 1 amide bonds. The Morgan fingerprint density at radius 3 is 2.58 bits per heavy atom. The number of likely N-dealkylation sites (N-methyl/N-ethyl adjacent to an activating group) is 1. The van der Waals surface area contributed by atoms with Crippen LogP contribution < -0.4 is 26.4 Å². The van der Waals surface area contributed by atoms with Crippen molar-refractivity contribution in [3.8, 4) is 11.7 Å². The summed E-state index contributed by atoms with van der Waals surface area (Å²) in [7, 11) is 6.79. The molecule has 0 radical (unpaired) electrons. The summed E-state index contributed by atoms with van der Waals surface area (Å²) < 4.78 is 13.6. The highest BCUT2D eigenvalue weighted by Gasteiger charge is 2.25. The summed E-state index contributed by atoms with van der Waals surface area (Å²) in [5.41, 5.74) is 2.39. The van der Waals surface area contributed by atoms with Crippen molar-refractivity contribution in [2.75, 3.05) is 32.6 Å². The first-order valence-electron chi connectivity index (χ1n) is 14.5. The Morgan fingerprint density at radius 1 is 1.18 bits per heavy atom. The topological polar surface area (TPSA) is 139 Å². The summed E-state index contributed by atoms with van der Waals surface area (Å²) in [6.45, 7) is 9.02. The maximum Gasteiger partial charge on any atom is 0.407 e. The lowest BCUT2D eigenvalue weighted by atomic mass is 10.0. The number of carbonyl (C=O) groups excluding carboxylic acids is 1. The van der Waals surface area contributed by atoms with E-state index in [2.05, 4.69) is 73.7 Å². The van der Waals surface area contributed by atoms with Gasteiger partial charge in [0.2, 0.25) is 0 Å². The number of ether oxygens (including phenoxy) is 2. The van der Waals surface area contributed by atoms with Crippen LogP contribution in [0, 0.1) is 0 Å². The number of nitrogens with zero attached hydrogens (tertiary/aromatic N) is 5. The lowest BCUT2D eigenvalue weighted by molar-refractivity contribution is 0.0523. The van der Waals surface area contributed by atoms with Crippen LogP contribution in [0.3, 0.4) is 0 Å². The van der Waals surface area contributed by atoms with Crippen LogP contribution in [0.1, 0.15) is 56.3 Å². The van der Waals surface area contributed by atoms with Crippen molar-refractivity contribution in [2.24, 2.45) is 0 Å². The maximum atomic E-state index is 13.1. The Hall–Kier alpha value is -3.80. The van der Waals surface area contributed by atoms with Gasteiger partial charge in [-0.1, -0.05) is 28.9 Å². The van der Waals surface area contributed by atoms with Crippen LogP contribution in [0.15, 0.2) is 58.1 Å². The molecule has 12 nitrogen and oxygen atoms in total. The van der Waals surface area contributed by atoms with Crippen molar-refractivity contribution in [1.82, 2.24) is 34.9 Å². The molecule has 45 heavy (non-hydrogen) atoms. The van der Waals surface area contributed by atoms with Gasteiger partial charge in [-0.2, -0.15) is 0 Å². The number of amides is 1. The van der Waals surface area contributed by atoms with Gasteiger partial charge in [0.25, 0.3) is 5.95 Å². The molecule has 2 aromatic heterocycles. The van der Waals surface area contributed by atoms with Crippen LogP contribution in [0.2, 0.25) is 0 Å². The van der Waals surface area contributed by atoms with Gasteiger partial charge >= 0.3 is 11.8 Å². The quantitative estimate of drug-likeness (QED) is 0.184. The summed E-state index contributed by atoms with van der Waals surface area (Å²) in [5, 5.41) is 11.8. The number of nitrogens with one attached hydrogen (secondary N) is 3. The third-order valence-corrected chi connectivity index (χ3v) is 7.97. The van der Waals surface area contributed by atoms with Crippen molar-refractivity contribution in [2.45, 2.75) is 52.3 Å². The first kappa shape index (κ1) is 34.1. The molecule has 240 valence electrons. The molecular formula is C31H40BrN8O4P. The van der Waals surface area contributed by atoms with Crippen molar-refractivity contribution < 1.29 is 14.3 Å². The van der Waals surface area contributed by atoms with E-state index in [-0.39, 0.29) is 12.5 Å². The van der Waals surface area contributed by atoms with E-state index >= 15 is 0 Å². The summed E-state index contributed by atoms with van der Waals surface area (Å²) in [4.78, 5) is 38.8. The Morgan fingerprint density at radius 2 is 1.91 bits per heavy atom. The van der Waals surface area contributed by atoms with Gasteiger partial charge in [0.15, 0.2) is 5.82 Å². The minimum Gasteiger partial charge on any atom is -0.492 e. The number of aryl methyl sites for hydroxylation is 1. The Labute approximate surface area is 273 Å². The zero-order valence-electron chi connectivity index (χ0n) is 26.3. The van der Waals surface area contributed by atoms with Gasteiger partial charge in [-0.3, -0.25) is 4.98 Å². The van der Waals surface area contributed by atoms with E-state index in [0.717, 1.165) is 55.6 Å². The molecule has 2 unspecified atom stereocenters. The second-order valence-electron chi connectivity index (χ2n) is 11.6. The molecule has 4 rings (SSSR count). The molecule has 0 bridgehead atoms. The van der Waals surface area contributed by atoms with Crippen LogP contribution in [0.25, 0.3) is 5.95 Å². The van der Waals surface area contributed by atoms with Gasteiger partial charge in [0.1, 0.15) is 24.0 Å². The van der Waals surface area contributed by atoms with E-state index in [9.17, 15) is 9.59 Å². The number of aromatic nitrogens is 5. The van der Waals surface area contributed by atoms with Crippen molar-refractivity contribution in [3.05, 3.63) is 86.3 Å². The van der Waals surface area contributed by atoms with E-state index in [1.807, 2.05) is 59.1 Å². The average molecular weight is 700 g/mol. The first-order valence-corrected chi connectivity index (χ1v) is 15.9. The zero-order valence-corrected chi connectivity index (χ0v) is 29.1. The van der Waals surface area contributed by atoms with E-state index in [4.69, 9.17) is 9.47 Å². The van der Waals surface area contributed by atoms with Gasteiger partial charge < -0.3 is 25.0 Å². The number of hydrogen-bond acceptors (Lipinski definition) is 9. The molecule has 0 saturated carbocycles. The Balaban J connectivity index is 1.75. The SMILES string of the molecule is CCc1cc(OCCN(C)C)c(P)c(C(Nc2ccc(Br)c(CNC(=O)OC(C)(C)C)c2)c2nn(-c3ncccn3)c(=O)[nH]2)c1. The predicted molar refractivity (Wildman–Crippen MR) is 182 cm³/mol. The zero-order chi connectivity index (χ0) is 32.7. The fourth-order valence-corrected chi connectivity index (χ4v) is 5.16. The molecular weight excluding hydrogens is 659 g/mol. The highest BCUT2D eigenvalue weighted by atomic mass is 79.9. The lowest BCUT2D eigenvalue weighted by Gasteiger charge is -2.24. The van der Waals surface area contributed by atoms with Crippen molar-refractivity contribution in [3.63, 3.8) is 0 Å². The average Bonchev–Trinajstić information content (AvgIpc) is 3.37. The van der Waals surface area contributed by atoms with Gasteiger partial charge in [0.05, 0.1) is 0 Å². The first-order chi connectivity index (χ1) is 21.3. The minimum atomic E-state index is -0.610. The van der Waals surface area contributed by atoms with Gasteiger partial charge in [-0.15, -0.1) is 19.0 Å². The molecule has 2 atom stereocenters. The Kier molecular flexibility index (Phi) is 11.4. The number of halogens is 1. The fraction of sp³-hybridized carbons (Fsp3) is 0.387. The number of aromatic amines is 1. The van der Waals surface area contributed by atoms with Crippen LogP contribution in [-0.4, -0.2) is 68.6 Å². The third kappa shape index (κ3) is 9.35. The van der Waals surface area contributed by atoms with E-state index in [0.29, 0.717) is 12.4 Å². The van der Waals surface area contributed by atoms with Crippen LogP contribution >= 0.6 is 25.2 Å². The molecule has 0 aliphatic heterocycles. The lowest BCUT2D eigenvalue weighted by Crippen LogP contribution is -2.32. The summed E-state index contributed by atoms with van der Waals surface area (Å²) in [6, 6.07) is 10.9. The largest absolute Gasteiger partial charge is 0.492 e. The highest BCUT2D eigenvalue weighted by Crippen LogP contribution is 2.31. The molecule has 0 spiro atoms. The number of carbonyl (C=O) groups is 1. The standard InChI is InChI=1S/C31H40BrN8O4P/c1-7-19-15-22(26(45)24(16-19)43-14-13-39(5)6)25(27-37-29(41)40(38-27)28-33-11-8-12-34-28)36-21-9-10-23(32)20(17-21)18-35-30(42)44-31(2,3)4/h8-12,15-17,25,36H,7,13-14,18,45H2,1-6H3,(H,35,42)(H,37,38,41). The maximum absolute atomic E-state index is 13.1. The normalized spacial score (nSPS) is 12.2. The summed E-state index contributed by atoms with van der Waals surface area (Å²) >= 11 is 3.59. The number of H-pyrrole nitrogens is 1. The number of rotatable bonds is 12. The number of hydrogen-bond donors (Lipinski definition) is 3. The van der Waals surface area contributed by atoms with Gasteiger partial charge in [-0.25, -0.2) is 19.6 Å². The summed E-state index contributed by atoms with van der Waals surface area (Å²) in [6.07, 6.45) is 3.37. The Bertz CT molecular complexity index is 1670. The van der Waals surface area contributed by atoms with E-state index in [1.54, 1.807) is 18.5 Å². The highest BCUT2D eigenvalue weighted by molar-refractivity contribution is 9.10. The fourth-order valence-electron chi connectivity index (χ4n) is 4.36. The van der Waals surface area contributed by atoms with Crippen LogP contribution in [0.4, 0.5) is 10.5 Å².